The number of hydrogen-bond donors (Lipinski definition) is 3. The zero-order valence-corrected chi connectivity index (χ0v) is 23.2. The minimum absolute atomic E-state index is 0.0165. The number of benzene rings is 1. The normalized spacial score (nSPS) is 23.5. The Morgan fingerprint density at radius 2 is 1.85 bits per heavy atom. The standard InChI is InChI=1S/C26H35N3O8S2/c30-19-26(6-7-26)38(32,33)23-4-1-3-22(13-23)36-18-21(31)15-28-20-14-25(37-17-20)8-11-29(12-9-25)39(34,35)24-5-2-10-27-16-24/h1-5,10,13,16,20-21,28,30-31H,6-9,11-12,14-15,17-19H2/t20-,21?/m0/s1. The molecular formula is C26H35N3O8S2. The van der Waals surface area contributed by atoms with Gasteiger partial charge in [-0.25, -0.2) is 16.8 Å². The van der Waals surface area contributed by atoms with E-state index in [1.165, 1.54) is 22.6 Å². The number of hydrogen-bond acceptors (Lipinski definition) is 10. The van der Waals surface area contributed by atoms with Gasteiger partial charge in [0.05, 0.1) is 28.5 Å². The van der Waals surface area contributed by atoms with Crippen LogP contribution in [0.2, 0.25) is 0 Å². The number of piperidine rings is 1. The summed E-state index contributed by atoms with van der Waals surface area (Å²) in [6.45, 7) is 1.04. The van der Waals surface area contributed by atoms with Crippen molar-refractivity contribution in [2.45, 2.75) is 64.4 Å². The summed E-state index contributed by atoms with van der Waals surface area (Å²) in [7, 11) is -7.24. The van der Waals surface area contributed by atoms with Gasteiger partial charge in [-0.15, -0.1) is 0 Å². The molecule has 5 rings (SSSR count). The second kappa shape index (κ2) is 11.0. The average Bonchev–Trinajstić information content (AvgIpc) is 3.68. The average molecular weight is 582 g/mol. The maximum absolute atomic E-state index is 12.9. The van der Waals surface area contributed by atoms with E-state index >= 15 is 0 Å². The number of sulfone groups is 1. The summed E-state index contributed by atoms with van der Waals surface area (Å²) in [6, 6.07) is 9.31. The number of nitrogens with one attached hydrogen (secondary N) is 1. The van der Waals surface area contributed by atoms with E-state index < -0.39 is 37.3 Å². The monoisotopic (exact) mass is 581 g/mol. The van der Waals surface area contributed by atoms with Gasteiger partial charge in [-0.3, -0.25) is 4.98 Å². The van der Waals surface area contributed by atoms with E-state index in [0.29, 0.717) is 57.6 Å². The highest BCUT2D eigenvalue weighted by molar-refractivity contribution is 7.93. The molecule has 3 fully saturated rings. The third-order valence-electron chi connectivity index (χ3n) is 7.98. The molecule has 1 aromatic carbocycles. The second-order valence-corrected chi connectivity index (χ2v) is 15.0. The van der Waals surface area contributed by atoms with E-state index in [1.54, 1.807) is 30.5 Å². The van der Waals surface area contributed by atoms with E-state index in [2.05, 4.69) is 10.3 Å². The predicted octanol–water partition coefficient (Wildman–Crippen LogP) is 0.722. The van der Waals surface area contributed by atoms with Gasteiger partial charge in [-0.1, -0.05) is 6.07 Å². The summed E-state index contributed by atoms with van der Waals surface area (Å²) < 4.78 is 63.6. The van der Waals surface area contributed by atoms with Crippen molar-refractivity contribution in [2.75, 3.05) is 39.5 Å². The molecule has 1 aliphatic carbocycles. The van der Waals surface area contributed by atoms with Crippen LogP contribution in [0.5, 0.6) is 5.75 Å². The van der Waals surface area contributed by atoms with Crippen molar-refractivity contribution in [3.05, 3.63) is 48.8 Å². The molecule has 1 unspecified atom stereocenters. The number of sulfonamides is 1. The van der Waals surface area contributed by atoms with Crippen LogP contribution in [0.15, 0.2) is 58.6 Å². The first-order chi connectivity index (χ1) is 18.6. The molecule has 3 N–H and O–H groups in total. The zero-order chi connectivity index (χ0) is 27.7. The SMILES string of the molecule is O=S(=O)(c1cccnc1)N1CCC2(CC1)C[C@H](NCC(O)COc1cccc(S(=O)(=O)C3(CO)CC3)c1)CO2. The van der Waals surface area contributed by atoms with Gasteiger partial charge in [0.1, 0.15) is 23.4 Å². The topological polar surface area (TPSA) is 155 Å². The van der Waals surface area contributed by atoms with Crippen LogP contribution in [0, 0.1) is 0 Å². The van der Waals surface area contributed by atoms with Gasteiger partial charge in [0.25, 0.3) is 0 Å². The molecule has 11 nitrogen and oxygen atoms in total. The summed E-state index contributed by atoms with van der Waals surface area (Å²) in [4.78, 5) is 4.21. The second-order valence-electron chi connectivity index (χ2n) is 10.7. The summed E-state index contributed by atoms with van der Waals surface area (Å²) in [5.74, 6) is 0.333. The first-order valence-electron chi connectivity index (χ1n) is 13.1. The summed E-state index contributed by atoms with van der Waals surface area (Å²) in [5, 5.41) is 23.3. The highest BCUT2D eigenvalue weighted by Gasteiger charge is 2.54. The van der Waals surface area contributed by atoms with Crippen molar-refractivity contribution < 1.29 is 36.5 Å². The van der Waals surface area contributed by atoms with Gasteiger partial charge >= 0.3 is 0 Å². The molecule has 13 heteroatoms. The number of rotatable bonds is 11. The van der Waals surface area contributed by atoms with Gasteiger partial charge in [-0.05, 0) is 62.4 Å². The molecular weight excluding hydrogens is 546 g/mol. The van der Waals surface area contributed by atoms with E-state index in [1.807, 2.05) is 0 Å². The molecule has 0 bridgehead atoms. The summed E-state index contributed by atoms with van der Waals surface area (Å²) in [5.41, 5.74) is -0.389. The number of ether oxygens (including phenoxy) is 2. The molecule has 1 aromatic heterocycles. The smallest absolute Gasteiger partial charge is 0.244 e. The third-order valence-corrected chi connectivity index (χ3v) is 12.4. The van der Waals surface area contributed by atoms with Crippen molar-refractivity contribution in [1.29, 1.82) is 0 Å². The lowest BCUT2D eigenvalue weighted by atomic mass is 9.88. The Kier molecular flexibility index (Phi) is 8.04. The van der Waals surface area contributed by atoms with E-state index in [4.69, 9.17) is 9.47 Å². The Labute approximate surface area is 229 Å². The molecule has 2 saturated heterocycles. The number of aliphatic hydroxyl groups excluding tert-OH is 2. The van der Waals surface area contributed by atoms with E-state index in [-0.39, 0.29) is 34.6 Å². The quantitative estimate of drug-likeness (QED) is 0.346. The molecule has 0 amide bonds. The van der Waals surface area contributed by atoms with Crippen molar-refractivity contribution in [1.82, 2.24) is 14.6 Å². The Balaban J connectivity index is 1.07. The number of nitrogens with zero attached hydrogens (tertiary/aromatic N) is 2. The van der Waals surface area contributed by atoms with Crippen LogP contribution in [0.4, 0.5) is 0 Å². The molecule has 2 atom stereocenters. The largest absolute Gasteiger partial charge is 0.491 e. The van der Waals surface area contributed by atoms with Crippen molar-refractivity contribution in [2.24, 2.45) is 0 Å². The first-order valence-corrected chi connectivity index (χ1v) is 16.1. The highest BCUT2D eigenvalue weighted by atomic mass is 32.2. The Morgan fingerprint density at radius 1 is 1.10 bits per heavy atom. The first kappa shape index (κ1) is 28.4. The molecule has 2 aliphatic heterocycles. The van der Waals surface area contributed by atoms with Crippen molar-refractivity contribution in [3.8, 4) is 5.75 Å². The minimum atomic E-state index is -3.66. The molecule has 1 saturated carbocycles. The van der Waals surface area contributed by atoms with Crippen LogP contribution >= 0.6 is 0 Å². The summed E-state index contributed by atoms with van der Waals surface area (Å²) >= 11 is 0. The highest BCUT2D eigenvalue weighted by Crippen LogP contribution is 2.46. The van der Waals surface area contributed by atoms with Crippen molar-refractivity contribution in [3.63, 3.8) is 0 Å². The van der Waals surface area contributed by atoms with E-state index in [0.717, 1.165) is 0 Å². The lowest BCUT2D eigenvalue weighted by Crippen LogP contribution is -2.47. The van der Waals surface area contributed by atoms with Crippen LogP contribution in [-0.2, 0) is 24.6 Å². The summed E-state index contributed by atoms with van der Waals surface area (Å²) in [6.07, 6.45) is 4.85. The Morgan fingerprint density at radius 3 is 2.51 bits per heavy atom. The van der Waals surface area contributed by atoms with Crippen LogP contribution in [0.1, 0.15) is 32.1 Å². The van der Waals surface area contributed by atoms with Crippen LogP contribution in [-0.4, -0.2) is 98.3 Å². The molecule has 2 aromatic rings. The van der Waals surface area contributed by atoms with Gasteiger partial charge in [-0.2, -0.15) is 4.31 Å². The van der Waals surface area contributed by atoms with Crippen molar-refractivity contribution >= 4 is 19.9 Å². The zero-order valence-electron chi connectivity index (χ0n) is 21.6. The molecule has 0 radical (unpaired) electrons. The fourth-order valence-electron chi connectivity index (χ4n) is 5.29. The predicted molar refractivity (Wildman–Crippen MR) is 142 cm³/mol. The number of pyridine rings is 1. The van der Waals surface area contributed by atoms with E-state index in [9.17, 15) is 27.0 Å². The maximum atomic E-state index is 12.9. The van der Waals surface area contributed by atoms with Crippen LogP contribution in [0.3, 0.4) is 0 Å². The molecule has 39 heavy (non-hydrogen) atoms. The van der Waals surface area contributed by atoms with Gasteiger partial charge in [0.2, 0.25) is 10.0 Å². The van der Waals surface area contributed by atoms with Gasteiger partial charge < -0.3 is 25.0 Å². The molecule has 3 aliphatic rings. The molecule has 3 heterocycles. The van der Waals surface area contributed by atoms with Crippen LogP contribution < -0.4 is 10.1 Å². The number of aliphatic hydroxyl groups is 2. The van der Waals surface area contributed by atoms with Crippen LogP contribution in [0.25, 0.3) is 0 Å². The minimum Gasteiger partial charge on any atom is -0.491 e. The Hall–Kier alpha value is -2.13. The van der Waals surface area contributed by atoms with Gasteiger partial charge in [0, 0.05) is 38.1 Å². The third kappa shape index (κ3) is 5.85. The maximum Gasteiger partial charge on any atom is 0.244 e. The van der Waals surface area contributed by atoms with Gasteiger partial charge in [0.15, 0.2) is 9.84 Å². The fourth-order valence-corrected chi connectivity index (χ4v) is 8.54. The fraction of sp³-hybridized carbons (Fsp3) is 0.577. The Bertz CT molecular complexity index is 1360. The lowest BCUT2D eigenvalue weighted by Gasteiger charge is -2.38. The molecule has 1 spiro atoms. The lowest BCUT2D eigenvalue weighted by molar-refractivity contribution is -0.0312. The number of aromatic nitrogens is 1. The molecule has 214 valence electrons.